The maximum absolute atomic E-state index is 8.72. The van der Waals surface area contributed by atoms with Gasteiger partial charge in [-0.15, -0.1) is 0 Å². The predicted molar refractivity (Wildman–Crippen MR) is 81.9 cm³/mol. The molecule has 1 aromatic carbocycles. The Labute approximate surface area is 121 Å². The Morgan fingerprint density at radius 3 is 2.75 bits per heavy atom. The third-order valence-corrected chi connectivity index (χ3v) is 4.56. The fourth-order valence-corrected chi connectivity index (χ4v) is 2.82. The number of hydrogen-bond donors (Lipinski definition) is 2. The third kappa shape index (κ3) is 3.31. The van der Waals surface area contributed by atoms with Gasteiger partial charge in [-0.2, -0.15) is 0 Å². The van der Waals surface area contributed by atoms with Crippen LogP contribution in [0.2, 0.25) is 0 Å². The second-order valence-electron chi connectivity index (χ2n) is 6.10. The summed E-state index contributed by atoms with van der Waals surface area (Å²) in [6, 6.07) is 6.00. The zero-order valence-corrected chi connectivity index (χ0v) is 12.6. The van der Waals surface area contributed by atoms with Crippen LogP contribution in [-0.4, -0.2) is 29.0 Å². The molecule has 2 unspecified atom stereocenters. The number of aryl methyl sites for hydroxylation is 1. The Morgan fingerprint density at radius 1 is 1.40 bits per heavy atom. The predicted octanol–water partition coefficient (Wildman–Crippen LogP) is 2.57. The van der Waals surface area contributed by atoms with E-state index in [1.807, 2.05) is 12.1 Å². The summed E-state index contributed by atoms with van der Waals surface area (Å²) in [5.41, 5.74) is 8.91. The van der Waals surface area contributed by atoms with Gasteiger partial charge in [-0.3, -0.25) is 4.90 Å². The lowest BCUT2D eigenvalue weighted by Gasteiger charge is -2.35. The van der Waals surface area contributed by atoms with Crippen LogP contribution in [0, 0.1) is 18.8 Å². The number of benzene rings is 1. The van der Waals surface area contributed by atoms with Crippen LogP contribution < -0.4 is 5.73 Å². The van der Waals surface area contributed by atoms with Crippen molar-refractivity contribution in [3.63, 3.8) is 0 Å². The fourth-order valence-electron chi connectivity index (χ4n) is 2.82. The van der Waals surface area contributed by atoms with Crippen molar-refractivity contribution in [2.45, 2.75) is 33.7 Å². The normalized spacial score (nSPS) is 24.9. The third-order valence-electron chi connectivity index (χ3n) is 4.56. The molecule has 0 spiro atoms. The van der Waals surface area contributed by atoms with Gasteiger partial charge in [0.05, 0.1) is 0 Å². The highest BCUT2D eigenvalue weighted by Gasteiger charge is 2.22. The van der Waals surface area contributed by atoms with Gasteiger partial charge in [-0.1, -0.05) is 31.1 Å². The first kappa shape index (κ1) is 14.9. The second kappa shape index (κ2) is 6.27. The topological polar surface area (TPSA) is 61.9 Å². The van der Waals surface area contributed by atoms with Crippen molar-refractivity contribution in [1.82, 2.24) is 4.90 Å². The van der Waals surface area contributed by atoms with Crippen LogP contribution in [0.15, 0.2) is 23.4 Å². The van der Waals surface area contributed by atoms with Gasteiger partial charge in [-0.05, 0) is 48.9 Å². The van der Waals surface area contributed by atoms with Gasteiger partial charge in [0.2, 0.25) is 0 Å². The first-order valence-corrected chi connectivity index (χ1v) is 7.31. The molecule has 1 heterocycles. The summed E-state index contributed by atoms with van der Waals surface area (Å²) < 4.78 is 0. The molecule has 2 atom stereocenters. The second-order valence-corrected chi connectivity index (χ2v) is 6.10. The van der Waals surface area contributed by atoms with E-state index in [1.165, 1.54) is 30.6 Å². The smallest absolute Gasteiger partial charge is 0.170 e. The molecule has 0 aromatic heterocycles. The van der Waals surface area contributed by atoms with E-state index in [0.29, 0.717) is 0 Å². The van der Waals surface area contributed by atoms with Gasteiger partial charge in [0.1, 0.15) is 0 Å². The van der Waals surface area contributed by atoms with E-state index in [-0.39, 0.29) is 5.84 Å². The average molecular weight is 275 g/mol. The van der Waals surface area contributed by atoms with Crippen molar-refractivity contribution in [1.29, 1.82) is 0 Å². The fraction of sp³-hybridized carbons (Fsp3) is 0.562. The Hall–Kier alpha value is -1.55. The number of hydrogen-bond acceptors (Lipinski definition) is 3. The number of nitrogens with zero attached hydrogens (tertiary/aromatic N) is 2. The minimum Gasteiger partial charge on any atom is -0.409 e. The highest BCUT2D eigenvalue weighted by Crippen LogP contribution is 2.24. The lowest BCUT2D eigenvalue weighted by Crippen LogP contribution is -2.38. The summed E-state index contributed by atoms with van der Waals surface area (Å²) in [5, 5.41) is 11.8. The standard InChI is InChI=1S/C16H25N3O/c1-11-6-7-19(9-13(11)3)10-15-5-4-14(8-12(15)2)16(17)18-20/h4-5,8,11,13,20H,6-7,9-10H2,1-3H3,(H2,17,18). The van der Waals surface area contributed by atoms with Crippen molar-refractivity contribution in [2.75, 3.05) is 13.1 Å². The van der Waals surface area contributed by atoms with E-state index in [9.17, 15) is 0 Å². The molecular weight excluding hydrogens is 250 g/mol. The first-order chi connectivity index (χ1) is 9.51. The van der Waals surface area contributed by atoms with Gasteiger partial charge in [0.25, 0.3) is 0 Å². The van der Waals surface area contributed by atoms with Crippen LogP contribution in [0.5, 0.6) is 0 Å². The molecule has 1 aliphatic heterocycles. The van der Waals surface area contributed by atoms with Gasteiger partial charge in [0, 0.05) is 18.7 Å². The number of oxime groups is 1. The van der Waals surface area contributed by atoms with Crippen molar-refractivity contribution in [3.05, 3.63) is 34.9 Å². The quantitative estimate of drug-likeness (QED) is 0.386. The average Bonchev–Trinajstić information content (AvgIpc) is 2.44. The van der Waals surface area contributed by atoms with E-state index in [2.05, 4.69) is 36.9 Å². The van der Waals surface area contributed by atoms with Crippen LogP contribution >= 0.6 is 0 Å². The molecule has 1 aliphatic rings. The van der Waals surface area contributed by atoms with Crippen LogP contribution in [0.4, 0.5) is 0 Å². The molecule has 20 heavy (non-hydrogen) atoms. The van der Waals surface area contributed by atoms with Crippen LogP contribution in [0.25, 0.3) is 0 Å². The molecule has 0 radical (unpaired) electrons. The van der Waals surface area contributed by atoms with E-state index >= 15 is 0 Å². The zero-order chi connectivity index (χ0) is 14.7. The van der Waals surface area contributed by atoms with E-state index < -0.39 is 0 Å². The molecule has 3 N–H and O–H groups in total. The Bertz CT molecular complexity index is 498. The maximum Gasteiger partial charge on any atom is 0.170 e. The molecule has 110 valence electrons. The largest absolute Gasteiger partial charge is 0.409 e. The minimum atomic E-state index is 0.167. The van der Waals surface area contributed by atoms with E-state index in [4.69, 9.17) is 10.9 Å². The molecule has 0 aliphatic carbocycles. The highest BCUT2D eigenvalue weighted by atomic mass is 16.4. The lowest BCUT2D eigenvalue weighted by molar-refractivity contribution is 0.132. The number of nitrogens with two attached hydrogens (primary N) is 1. The molecule has 2 rings (SSSR count). The molecule has 1 aromatic rings. The first-order valence-electron chi connectivity index (χ1n) is 7.31. The van der Waals surface area contributed by atoms with Gasteiger partial charge < -0.3 is 10.9 Å². The van der Waals surface area contributed by atoms with Gasteiger partial charge in [-0.25, -0.2) is 0 Å². The summed E-state index contributed by atoms with van der Waals surface area (Å²) in [7, 11) is 0. The summed E-state index contributed by atoms with van der Waals surface area (Å²) in [5.74, 6) is 1.76. The summed E-state index contributed by atoms with van der Waals surface area (Å²) in [6.07, 6.45) is 1.28. The molecule has 4 heteroatoms. The number of piperidine rings is 1. The lowest BCUT2D eigenvalue weighted by atomic mass is 9.88. The molecule has 4 nitrogen and oxygen atoms in total. The zero-order valence-electron chi connectivity index (χ0n) is 12.6. The molecular formula is C16H25N3O. The van der Waals surface area contributed by atoms with Crippen LogP contribution in [0.3, 0.4) is 0 Å². The summed E-state index contributed by atoms with van der Waals surface area (Å²) in [6.45, 7) is 10.1. The van der Waals surface area contributed by atoms with Gasteiger partial charge >= 0.3 is 0 Å². The van der Waals surface area contributed by atoms with Crippen LogP contribution in [-0.2, 0) is 6.54 Å². The highest BCUT2D eigenvalue weighted by molar-refractivity contribution is 5.97. The molecule has 1 fully saturated rings. The van der Waals surface area contributed by atoms with E-state index in [0.717, 1.165) is 23.9 Å². The van der Waals surface area contributed by atoms with Crippen LogP contribution in [0.1, 0.15) is 37.0 Å². The Balaban J connectivity index is 2.07. The summed E-state index contributed by atoms with van der Waals surface area (Å²) in [4.78, 5) is 2.52. The maximum atomic E-state index is 8.72. The number of amidine groups is 1. The Morgan fingerprint density at radius 2 is 2.15 bits per heavy atom. The number of rotatable bonds is 3. The van der Waals surface area contributed by atoms with Crippen molar-refractivity contribution in [2.24, 2.45) is 22.7 Å². The molecule has 0 amide bonds. The van der Waals surface area contributed by atoms with Crippen molar-refractivity contribution in [3.8, 4) is 0 Å². The van der Waals surface area contributed by atoms with Crippen molar-refractivity contribution < 1.29 is 5.21 Å². The number of likely N-dealkylation sites (tertiary alicyclic amines) is 1. The van der Waals surface area contributed by atoms with E-state index in [1.54, 1.807) is 0 Å². The van der Waals surface area contributed by atoms with Crippen molar-refractivity contribution >= 4 is 5.84 Å². The SMILES string of the molecule is Cc1cc(/C(N)=N/O)ccc1CN1CCC(C)C(C)C1. The Kier molecular flexibility index (Phi) is 4.65. The summed E-state index contributed by atoms with van der Waals surface area (Å²) >= 11 is 0. The monoisotopic (exact) mass is 275 g/mol. The molecule has 0 saturated carbocycles. The minimum absolute atomic E-state index is 0.167. The van der Waals surface area contributed by atoms with Gasteiger partial charge in [0.15, 0.2) is 5.84 Å². The molecule has 0 bridgehead atoms. The molecule has 1 saturated heterocycles.